The summed E-state index contributed by atoms with van der Waals surface area (Å²) in [5.41, 5.74) is 6.89. The Morgan fingerprint density at radius 2 is 2.23 bits per heavy atom. The molecule has 2 aromatic rings. The summed E-state index contributed by atoms with van der Waals surface area (Å²) in [5.74, 6) is 0. The van der Waals surface area contributed by atoms with E-state index in [0.29, 0.717) is 15.7 Å². The second-order valence-electron chi connectivity index (χ2n) is 2.26. The van der Waals surface area contributed by atoms with Gasteiger partial charge in [-0.05, 0) is 0 Å². The van der Waals surface area contributed by atoms with Gasteiger partial charge in [-0.3, -0.25) is 0 Å². The zero-order valence-corrected chi connectivity index (χ0v) is 8.02. The monoisotopic (exact) mass is 208 g/mol. The van der Waals surface area contributed by atoms with Crippen LogP contribution >= 0.6 is 22.7 Å². The highest BCUT2D eigenvalue weighted by Crippen LogP contribution is 2.29. The molecule has 0 spiro atoms. The fourth-order valence-corrected chi connectivity index (χ4v) is 2.37. The van der Waals surface area contributed by atoms with Crippen molar-refractivity contribution in [1.82, 2.24) is 10.2 Å². The number of thiophene rings is 1. The number of nitrogens with zero attached hydrogens (tertiary/aromatic N) is 3. The highest BCUT2D eigenvalue weighted by Gasteiger charge is 2.10. The van der Waals surface area contributed by atoms with Crippen molar-refractivity contribution >= 4 is 27.8 Å². The first-order valence-corrected chi connectivity index (χ1v) is 5.13. The van der Waals surface area contributed by atoms with Crippen LogP contribution in [0.1, 0.15) is 5.56 Å². The summed E-state index contributed by atoms with van der Waals surface area (Å²) < 4.78 is 0. The van der Waals surface area contributed by atoms with Crippen molar-refractivity contribution in [2.45, 2.75) is 0 Å². The zero-order chi connectivity index (χ0) is 9.26. The van der Waals surface area contributed by atoms with Crippen LogP contribution in [0.5, 0.6) is 0 Å². The van der Waals surface area contributed by atoms with E-state index >= 15 is 0 Å². The third-order valence-corrected chi connectivity index (χ3v) is 2.98. The molecule has 0 aliphatic carbocycles. The highest BCUT2D eigenvalue weighted by molar-refractivity contribution is 7.18. The van der Waals surface area contributed by atoms with Crippen LogP contribution in [0.25, 0.3) is 10.6 Å². The predicted molar refractivity (Wildman–Crippen MR) is 52.3 cm³/mol. The number of hydrogen-bond donors (Lipinski definition) is 1. The van der Waals surface area contributed by atoms with E-state index in [1.54, 1.807) is 5.38 Å². The molecule has 2 N–H and O–H groups in total. The van der Waals surface area contributed by atoms with Crippen molar-refractivity contribution in [3.63, 3.8) is 0 Å². The summed E-state index contributed by atoms with van der Waals surface area (Å²) in [6.07, 6.45) is 0. The Morgan fingerprint density at radius 3 is 2.85 bits per heavy atom. The van der Waals surface area contributed by atoms with Crippen molar-refractivity contribution in [1.29, 1.82) is 5.26 Å². The first-order chi connectivity index (χ1) is 6.31. The third kappa shape index (κ3) is 1.39. The summed E-state index contributed by atoms with van der Waals surface area (Å²) in [6, 6.07) is 2.09. The van der Waals surface area contributed by atoms with Crippen LogP contribution in [-0.2, 0) is 0 Å². The maximum atomic E-state index is 8.76. The number of nitriles is 1. The van der Waals surface area contributed by atoms with E-state index < -0.39 is 0 Å². The van der Waals surface area contributed by atoms with E-state index in [2.05, 4.69) is 16.3 Å². The first kappa shape index (κ1) is 8.16. The second kappa shape index (κ2) is 3.12. The molecule has 2 rings (SSSR count). The highest BCUT2D eigenvalue weighted by atomic mass is 32.1. The Balaban J connectivity index is 2.53. The van der Waals surface area contributed by atoms with Gasteiger partial charge in [0.15, 0.2) is 5.01 Å². The summed E-state index contributed by atoms with van der Waals surface area (Å²) in [6.45, 7) is 0. The second-order valence-corrected chi connectivity index (χ2v) is 4.01. The van der Waals surface area contributed by atoms with Crippen LogP contribution < -0.4 is 5.73 Å². The van der Waals surface area contributed by atoms with Gasteiger partial charge in [-0.25, -0.2) is 0 Å². The van der Waals surface area contributed by atoms with Gasteiger partial charge < -0.3 is 5.73 Å². The summed E-state index contributed by atoms with van der Waals surface area (Å²) in [4.78, 5) is 0. The van der Waals surface area contributed by atoms with Crippen LogP contribution in [0, 0.1) is 11.3 Å². The minimum Gasteiger partial charge on any atom is -0.374 e. The maximum Gasteiger partial charge on any atom is 0.203 e. The average molecular weight is 208 g/mol. The molecule has 4 nitrogen and oxygen atoms in total. The van der Waals surface area contributed by atoms with Gasteiger partial charge in [-0.1, -0.05) is 11.3 Å². The molecule has 0 saturated heterocycles. The molecule has 64 valence electrons. The number of nitrogens with two attached hydrogens (primary N) is 1. The molecule has 0 aliphatic rings. The molecule has 0 bridgehead atoms. The summed E-state index contributed by atoms with van der Waals surface area (Å²) in [7, 11) is 0. The average Bonchev–Trinajstić information content (AvgIpc) is 2.71. The normalized spacial score (nSPS) is 9.77. The molecule has 0 aliphatic heterocycles. The first-order valence-electron chi connectivity index (χ1n) is 3.37. The maximum absolute atomic E-state index is 8.76. The number of nitrogen functional groups attached to an aromatic ring is 1. The van der Waals surface area contributed by atoms with Crippen LogP contribution in [0.15, 0.2) is 10.8 Å². The van der Waals surface area contributed by atoms with Crippen molar-refractivity contribution in [2.24, 2.45) is 0 Å². The van der Waals surface area contributed by atoms with E-state index in [-0.39, 0.29) is 0 Å². The van der Waals surface area contributed by atoms with Crippen molar-refractivity contribution in [2.75, 3.05) is 5.73 Å². The standard InChI is InChI=1S/C7H4N4S2/c8-1-4-2-12-3-5(4)6-10-11-7(9)13-6/h2-3H,(H2,9,11). The van der Waals surface area contributed by atoms with Crippen LogP contribution in [-0.4, -0.2) is 10.2 Å². The molecular weight excluding hydrogens is 204 g/mol. The molecule has 2 heterocycles. The molecule has 13 heavy (non-hydrogen) atoms. The van der Waals surface area contributed by atoms with Gasteiger partial charge in [0.2, 0.25) is 5.13 Å². The number of aromatic nitrogens is 2. The van der Waals surface area contributed by atoms with E-state index in [4.69, 9.17) is 11.0 Å². The van der Waals surface area contributed by atoms with E-state index in [9.17, 15) is 0 Å². The van der Waals surface area contributed by atoms with Gasteiger partial charge in [0.05, 0.1) is 5.56 Å². The lowest BCUT2D eigenvalue weighted by molar-refractivity contribution is 1.10. The Labute approximate surface area is 82.3 Å². The minimum atomic E-state index is 0.421. The number of hydrogen-bond acceptors (Lipinski definition) is 6. The quantitative estimate of drug-likeness (QED) is 0.774. The van der Waals surface area contributed by atoms with Crippen LogP contribution in [0.4, 0.5) is 5.13 Å². The molecule has 0 saturated carbocycles. The van der Waals surface area contributed by atoms with Gasteiger partial charge >= 0.3 is 0 Å². The lowest BCUT2D eigenvalue weighted by atomic mass is 10.2. The Bertz CT molecular complexity index is 465. The lowest BCUT2D eigenvalue weighted by Gasteiger charge is -1.87. The predicted octanol–water partition coefficient (Wildman–Crippen LogP) is 1.72. The van der Waals surface area contributed by atoms with Gasteiger partial charge in [-0.15, -0.1) is 10.2 Å². The van der Waals surface area contributed by atoms with Gasteiger partial charge in [0.1, 0.15) is 6.07 Å². The van der Waals surface area contributed by atoms with E-state index in [1.165, 1.54) is 22.7 Å². The van der Waals surface area contributed by atoms with Gasteiger partial charge in [0, 0.05) is 16.3 Å². The van der Waals surface area contributed by atoms with Crippen LogP contribution in [0.3, 0.4) is 0 Å². The van der Waals surface area contributed by atoms with Crippen LogP contribution in [0.2, 0.25) is 0 Å². The minimum absolute atomic E-state index is 0.421. The molecule has 6 heteroatoms. The summed E-state index contributed by atoms with van der Waals surface area (Å²) in [5, 5.41) is 21.1. The number of rotatable bonds is 1. The van der Waals surface area contributed by atoms with Crippen molar-refractivity contribution < 1.29 is 0 Å². The van der Waals surface area contributed by atoms with Crippen molar-refractivity contribution in [3.8, 4) is 16.6 Å². The molecule has 0 radical (unpaired) electrons. The molecule has 0 amide bonds. The molecule has 0 fully saturated rings. The van der Waals surface area contributed by atoms with Gasteiger partial charge in [0.25, 0.3) is 0 Å². The number of anilines is 1. The fourth-order valence-electron chi connectivity index (χ4n) is 0.893. The third-order valence-electron chi connectivity index (χ3n) is 1.45. The molecular formula is C7H4N4S2. The largest absolute Gasteiger partial charge is 0.374 e. The Morgan fingerprint density at radius 1 is 1.38 bits per heavy atom. The lowest BCUT2D eigenvalue weighted by Crippen LogP contribution is -1.80. The SMILES string of the molecule is N#Cc1cscc1-c1nnc(N)s1. The van der Waals surface area contributed by atoms with E-state index in [0.717, 1.165) is 5.56 Å². The molecule has 0 unspecified atom stereocenters. The molecule has 0 aromatic carbocycles. The van der Waals surface area contributed by atoms with Gasteiger partial charge in [-0.2, -0.15) is 16.6 Å². The molecule has 0 atom stereocenters. The topological polar surface area (TPSA) is 75.6 Å². The molecule has 2 aromatic heterocycles. The zero-order valence-electron chi connectivity index (χ0n) is 6.39. The fraction of sp³-hybridized carbons (Fsp3) is 0. The van der Waals surface area contributed by atoms with Crippen molar-refractivity contribution in [3.05, 3.63) is 16.3 Å². The van der Waals surface area contributed by atoms with E-state index in [1.807, 2.05) is 5.38 Å². The Kier molecular flexibility index (Phi) is 1.96. The summed E-state index contributed by atoms with van der Waals surface area (Å²) >= 11 is 2.76. The smallest absolute Gasteiger partial charge is 0.203 e. The Hall–Kier alpha value is -1.45.